The highest BCUT2D eigenvalue weighted by atomic mass is 16.1. The molecule has 0 bridgehead atoms. The lowest BCUT2D eigenvalue weighted by atomic mass is 10.1. The number of carbonyl (C=O) groups excluding carboxylic acids is 1. The molecule has 0 unspecified atom stereocenters. The van der Waals surface area contributed by atoms with E-state index in [1.54, 1.807) is 0 Å². The largest absolute Gasteiger partial charge is 0.316 e. The Morgan fingerprint density at radius 2 is 1.87 bits per heavy atom. The number of benzene rings is 1. The maximum atomic E-state index is 10.1. The van der Waals surface area contributed by atoms with E-state index < -0.39 is 0 Å². The van der Waals surface area contributed by atoms with E-state index in [1.165, 1.54) is 5.56 Å². The summed E-state index contributed by atoms with van der Waals surface area (Å²) in [6.07, 6.45) is 4.86. The van der Waals surface area contributed by atoms with Crippen molar-refractivity contribution in [2.75, 3.05) is 13.1 Å². The molecule has 1 aromatic carbocycles. The van der Waals surface area contributed by atoms with Crippen molar-refractivity contribution in [2.24, 2.45) is 0 Å². The number of unbranched alkanes of at least 4 members (excludes halogenated alkanes) is 2. The van der Waals surface area contributed by atoms with Gasteiger partial charge in [-0.15, -0.1) is 0 Å². The second-order valence-electron chi connectivity index (χ2n) is 3.65. The zero-order chi connectivity index (χ0) is 10.8. The zero-order valence-electron chi connectivity index (χ0n) is 9.11. The van der Waals surface area contributed by atoms with E-state index in [0.29, 0.717) is 6.42 Å². The summed E-state index contributed by atoms with van der Waals surface area (Å²) in [6, 6.07) is 10.5. The van der Waals surface area contributed by atoms with E-state index in [4.69, 9.17) is 0 Å². The Balaban J connectivity index is 1.95. The molecule has 0 heterocycles. The molecule has 1 rings (SSSR count). The SMILES string of the molecule is O=CCCCCNCCc1ccccc1. The van der Waals surface area contributed by atoms with E-state index in [1.807, 2.05) is 6.07 Å². The molecular formula is C13H19NO. The average Bonchev–Trinajstić information content (AvgIpc) is 2.29. The number of aldehydes is 1. The predicted molar refractivity (Wildman–Crippen MR) is 62.9 cm³/mol. The van der Waals surface area contributed by atoms with E-state index in [-0.39, 0.29) is 0 Å². The Morgan fingerprint density at radius 1 is 1.07 bits per heavy atom. The van der Waals surface area contributed by atoms with Crippen LogP contribution in [0, 0.1) is 0 Å². The van der Waals surface area contributed by atoms with Gasteiger partial charge in [0, 0.05) is 6.42 Å². The molecule has 0 aromatic heterocycles. The Labute approximate surface area is 91.7 Å². The van der Waals surface area contributed by atoms with Crippen LogP contribution in [0.25, 0.3) is 0 Å². The molecule has 0 spiro atoms. The van der Waals surface area contributed by atoms with Gasteiger partial charge in [0.05, 0.1) is 0 Å². The maximum absolute atomic E-state index is 10.1. The van der Waals surface area contributed by atoms with Crippen molar-refractivity contribution < 1.29 is 4.79 Å². The van der Waals surface area contributed by atoms with Gasteiger partial charge < -0.3 is 10.1 Å². The third-order valence-corrected chi connectivity index (χ3v) is 2.36. The normalized spacial score (nSPS) is 10.1. The molecule has 0 saturated carbocycles. The highest BCUT2D eigenvalue weighted by molar-refractivity contribution is 5.48. The smallest absolute Gasteiger partial charge is 0.119 e. The van der Waals surface area contributed by atoms with Gasteiger partial charge in [-0.05, 0) is 37.9 Å². The molecule has 0 fully saturated rings. The van der Waals surface area contributed by atoms with Crippen LogP contribution < -0.4 is 5.32 Å². The molecule has 0 amide bonds. The number of hydrogen-bond acceptors (Lipinski definition) is 2. The summed E-state index contributed by atoms with van der Waals surface area (Å²) >= 11 is 0. The third kappa shape index (κ3) is 6.02. The number of rotatable bonds is 8. The minimum atomic E-state index is 0.695. The molecule has 0 saturated heterocycles. The first-order valence-corrected chi connectivity index (χ1v) is 5.62. The van der Waals surface area contributed by atoms with Gasteiger partial charge in [0.1, 0.15) is 6.29 Å². The van der Waals surface area contributed by atoms with Gasteiger partial charge in [0.25, 0.3) is 0 Å². The molecule has 2 nitrogen and oxygen atoms in total. The van der Waals surface area contributed by atoms with Crippen LogP contribution in [0.4, 0.5) is 0 Å². The molecule has 0 atom stereocenters. The minimum absolute atomic E-state index is 0.695. The van der Waals surface area contributed by atoms with Crippen molar-refractivity contribution in [3.05, 3.63) is 35.9 Å². The molecule has 2 heteroatoms. The van der Waals surface area contributed by atoms with Gasteiger partial charge >= 0.3 is 0 Å². The summed E-state index contributed by atoms with van der Waals surface area (Å²) in [6.45, 7) is 2.03. The van der Waals surface area contributed by atoms with Crippen molar-refractivity contribution in [3.63, 3.8) is 0 Å². The first-order valence-electron chi connectivity index (χ1n) is 5.62. The van der Waals surface area contributed by atoms with Crippen molar-refractivity contribution in [2.45, 2.75) is 25.7 Å². The van der Waals surface area contributed by atoms with Crippen LogP contribution in [-0.2, 0) is 11.2 Å². The Kier molecular flexibility index (Phi) is 6.50. The fourth-order valence-electron chi connectivity index (χ4n) is 1.48. The number of carbonyl (C=O) groups is 1. The Morgan fingerprint density at radius 3 is 2.60 bits per heavy atom. The topological polar surface area (TPSA) is 29.1 Å². The van der Waals surface area contributed by atoms with Crippen LogP contribution in [0.5, 0.6) is 0 Å². The second kappa shape index (κ2) is 8.18. The lowest BCUT2D eigenvalue weighted by molar-refractivity contribution is -0.107. The fourth-order valence-corrected chi connectivity index (χ4v) is 1.48. The summed E-state index contributed by atoms with van der Waals surface area (Å²) in [7, 11) is 0. The predicted octanol–water partition coefficient (Wildman–Crippen LogP) is 2.19. The number of nitrogens with one attached hydrogen (secondary N) is 1. The van der Waals surface area contributed by atoms with Gasteiger partial charge in [-0.1, -0.05) is 30.3 Å². The summed E-state index contributed by atoms with van der Waals surface area (Å²) in [4.78, 5) is 10.1. The lowest BCUT2D eigenvalue weighted by Crippen LogP contribution is -2.18. The van der Waals surface area contributed by atoms with E-state index >= 15 is 0 Å². The zero-order valence-corrected chi connectivity index (χ0v) is 9.11. The molecule has 0 radical (unpaired) electrons. The summed E-state index contributed by atoms with van der Waals surface area (Å²) in [5, 5.41) is 3.38. The van der Waals surface area contributed by atoms with Crippen LogP contribution >= 0.6 is 0 Å². The molecule has 0 aliphatic rings. The van der Waals surface area contributed by atoms with Gasteiger partial charge in [-0.3, -0.25) is 0 Å². The molecule has 1 N–H and O–H groups in total. The quantitative estimate of drug-likeness (QED) is 0.520. The van der Waals surface area contributed by atoms with Gasteiger partial charge in [-0.2, -0.15) is 0 Å². The first-order chi connectivity index (χ1) is 7.43. The molecule has 15 heavy (non-hydrogen) atoms. The van der Waals surface area contributed by atoms with E-state index in [2.05, 4.69) is 29.6 Å². The summed E-state index contributed by atoms with van der Waals surface area (Å²) in [5.41, 5.74) is 1.37. The van der Waals surface area contributed by atoms with Crippen molar-refractivity contribution in [1.82, 2.24) is 5.32 Å². The van der Waals surface area contributed by atoms with Crippen molar-refractivity contribution in [3.8, 4) is 0 Å². The van der Waals surface area contributed by atoms with Crippen LogP contribution in [-0.4, -0.2) is 19.4 Å². The first kappa shape index (κ1) is 11.9. The average molecular weight is 205 g/mol. The maximum Gasteiger partial charge on any atom is 0.119 e. The van der Waals surface area contributed by atoms with Gasteiger partial charge in [-0.25, -0.2) is 0 Å². The van der Waals surface area contributed by atoms with Crippen molar-refractivity contribution >= 4 is 6.29 Å². The lowest BCUT2D eigenvalue weighted by Gasteiger charge is -2.03. The molecule has 0 aliphatic carbocycles. The fraction of sp³-hybridized carbons (Fsp3) is 0.462. The standard InChI is InChI=1S/C13H19NO/c15-12-6-2-5-10-14-11-9-13-7-3-1-4-8-13/h1,3-4,7-8,12,14H,2,5-6,9-11H2. The van der Waals surface area contributed by atoms with Crippen LogP contribution in [0.15, 0.2) is 30.3 Å². The molecule has 0 aliphatic heterocycles. The van der Waals surface area contributed by atoms with Crippen LogP contribution in [0.1, 0.15) is 24.8 Å². The molecular weight excluding hydrogens is 186 g/mol. The Hall–Kier alpha value is -1.15. The van der Waals surface area contributed by atoms with E-state index in [9.17, 15) is 4.79 Å². The summed E-state index contributed by atoms with van der Waals surface area (Å²) < 4.78 is 0. The molecule has 82 valence electrons. The van der Waals surface area contributed by atoms with Gasteiger partial charge in [0.2, 0.25) is 0 Å². The highest BCUT2D eigenvalue weighted by Gasteiger charge is 1.91. The highest BCUT2D eigenvalue weighted by Crippen LogP contribution is 1.98. The van der Waals surface area contributed by atoms with Crippen molar-refractivity contribution in [1.29, 1.82) is 0 Å². The molecule has 1 aromatic rings. The summed E-state index contributed by atoms with van der Waals surface area (Å²) in [5.74, 6) is 0. The van der Waals surface area contributed by atoms with Gasteiger partial charge in [0.15, 0.2) is 0 Å². The van der Waals surface area contributed by atoms with Crippen LogP contribution in [0.2, 0.25) is 0 Å². The minimum Gasteiger partial charge on any atom is -0.316 e. The van der Waals surface area contributed by atoms with Crippen LogP contribution in [0.3, 0.4) is 0 Å². The number of hydrogen-bond donors (Lipinski definition) is 1. The third-order valence-electron chi connectivity index (χ3n) is 2.36. The monoisotopic (exact) mass is 205 g/mol. The second-order valence-corrected chi connectivity index (χ2v) is 3.65. The Bertz CT molecular complexity index is 258. The van der Waals surface area contributed by atoms with E-state index in [0.717, 1.165) is 38.6 Å².